The van der Waals surface area contributed by atoms with Crippen LogP contribution in [-0.4, -0.2) is 31.1 Å². The van der Waals surface area contributed by atoms with Gasteiger partial charge in [-0.3, -0.25) is 4.90 Å². The van der Waals surface area contributed by atoms with Gasteiger partial charge in [-0.05, 0) is 68.0 Å². The first-order valence-electron chi connectivity index (χ1n) is 9.69. The highest BCUT2D eigenvalue weighted by Crippen LogP contribution is 2.28. The van der Waals surface area contributed by atoms with Gasteiger partial charge in [0.05, 0.1) is 10.0 Å². The Hall–Kier alpha value is -1.75. The zero-order valence-electron chi connectivity index (χ0n) is 16.4. The number of carbonyl (C=O) groups is 1. The quantitative estimate of drug-likeness (QED) is 0.670. The number of amides is 2. The summed E-state index contributed by atoms with van der Waals surface area (Å²) in [7, 11) is 1.63. The van der Waals surface area contributed by atoms with E-state index in [1.54, 1.807) is 7.05 Å². The van der Waals surface area contributed by atoms with Gasteiger partial charge < -0.3 is 10.6 Å². The summed E-state index contributed by atoms with van der Waals surface area (Å²) in [6, 6.07) is 11.9. The van der Waals surface area contributed by atoms with Crippen molar-refractivity contribution < 1.29 is 4.79 Å². The van der Waals surface area contributed by atoms with Gasteiger partial charge in [0.25, 0.3) is 0 Å². The van der Waals surface area contributed by atoms with Crippen LogP contribution >= 0.6 is 23.2 Å². The van der Waals surface area contributed by atoms with Gasteiger partial charge in [0.15, 0.2) is 0 Å². The van der Waals surface area contributed by atoms with Gasteiger partial charge in [0, 0.05) is 25.8 Å². The lowest BCUT2D eigenvalue weighted by Gasteiger charge is -2.33. The van der Waals surface area contributed by atoms with E-state index in [1.165, 1.54) is 24.0 Å². The van der Waals surface area contributed by atoms with Gasteiger partial charge in [-0.25, -0.2) is 4.79 Å². The van der Waals surface area contributed by atoms with Gasteiger partial charge in [-0.1, -0.05) is 47.0 Å². The molecule has 1 aliphatic heterocycles. The van der Waals surface area contributed by atoms with Crippen LogP contribution in [0.25, 0.3) is 0 Å². The van der Waals surface area contributed by atoms with E-state index >= 15 is 0 Å². The Balaban J connectivity index is 1.67. The van der Waals surface area contributed by atoms with E-state index in [4.69, 9.17) is 23.2 Å². The molecule has 0 aliphatic carbocycles. The molecule has 0 saturated carbocycles. The fourth-order valence-electron chi connectivity index (χ4n) is 3.86. The van der Waals surface area contributed by atoms with Crippen molar-refractivity contribution in [3.05, 3.63) is 63.1 Å². The SMILES string of the molecule is CNC(=O)Nc1ccc(C)cc1CN1CCCC(Cc2ccc(Cl)c(Cl)c2)C1. The second-order valence-electron chi connectivity index (χ2n) is 7.56. The molecule has 0 spiro atoms. The van der Waals surface area contributed by atoms with Crippen LogP contribution in [0.4, 0.5) is 10.5 Å². The topological polar surface area (TPSA) is 44.4 Å². The minimum Gasteiger partial charge on any atom is -0.341 e. The molecule has 150 valence electrons. The molecular weight excluding hydrogens is 393 g/mol. The van der Waals surface area contributed by atoms with Crippen molar-refractivity contribution in [2.75, 3.05) is 25.5 Å². The highest BCUT2D eigenvalue weighted by atomic mass is 35.5. The van der Waals surface area contributed by atoms with Crippen molar-refractivity contribution in [3.63, 3.8) is 0 Å². The molecule has 2 amide bonds. The lowest BCUT2D eigenvalue weighted by atomic mass is 9.91. The summed E-state index contributed by atoms with van der Waals surface area (Å²) >= 11 is 12.2. The van der Waals surface area contributed by atoms with Gasteiger partial charge in [0.1, 0.15) is 0 Å². The summed E-state index contributed by atoms with van der Waals surface area (Å²) in [5, 5.41) is 6.78. The number of urea groups is 1. The first-order chi connectivity index (χ1) is 13.4. The summed E-state index contributed by atoms with van der Waals surface area (Å²) in [5.41, 5.74) is 4.45. The number of carbonyl (C=O) groups excluding carboxylic acids is 1. The third-order valence-electron chi connectivity index (χ3n) is 5.24. The first kappa shape index (κ1) is 21.0. The van der Waals surface area contributed by atoms with Gasteiger partial charge >= 0.3 is 6.03 Å². The third-order valence-corrected chi connectivity index (χ3v) is 5.98. The Morgan fingerprint density at radius 1 is 1.18 bits per heavy atom. The number of halogens is 2. The molecule has 1 saturated heterocycles. The Morgan fingerprint density at radius 2 is 2.00 bits per heavy atom. The van der Waals surface area contributed by atoms with Gasteiger partial charge in [0.2, 0.25) is 0 Å². The van der Waals surface area contributed by atoms with Crippen molar-refractivity contribution in [1.29, 1.82) is 0 Å². The standard InChI is InChI=1S/C22H27Cl2N3O/c1-15-5-8-21(26-22(28)25-2)18(10-15)14-27-9-3-4-17(13-27)11-16-6-7-19(23)20(24)12-16/h5-8,10,12,17H,3-4,9,11,13-14H2,1-2H3,(H2,25,26,28). The van der Waals surface area contributed by atoms with Crippen LogP contribution in [-0.2, 0) is 13.0 Å². The number of hydrogen-bond acceptors (Lipinski definition) is 2. The summed E-state index contributed by atoms with van der Waals surface area (Å²) in [6.07, 6.45) is 3.40. The summed E-state index contributed by atoms with van der Waals surface area (Å²) in [4.78, 5) is 14.2. The van der Waals surface area contributed by atoms with Crippen LogP contribution in [0.1, 0.15) is 29.5 Å². The highest BCUT2D eigenvalue weighted by molar-refractivity contribution is 6.42. The maximum atomic E-state index is 11.8. The van der Waals surface area contributed by atoms with Gasteiger partial charge in [-0.15, -0.1) is 0 Å². The Morgan fingerprint density at radius 3 is 2.75 bits per heavy atom. The second kappa shape index (κ2) is 9.64. The minimum absolute atomic E-state index is 0.193. The van der Waals surface area contributed by atoms with Crippen molar-refractivity contribution in [2.24, 2.45) is 5.92 Å². The van der Waals surface area contributed by atoms with E-state index in [9.17, 15) is 4.79 Å². The molecule has 28 heavy (non-hydrogen) atoms. The maximum Gasteiger partial charge on any atom is 0.318 e. The van der Waals surface area contributed by atoms with E-state index in [-0.39, 0.29) is 6.03 Å². The largest absolute Gasteiger partial charge is 0.341 e. The molecule has 0 bridgehead atoms. The highest BCUT2D eigenvalue weighted by Gasteiger charge is 2.21. The number of nitrogens with one attached hydrogen (secondary N) is 2. The summed E-state index contributed by atoms with van der Waals surface area (Å²) in [6.45, 7) is 5.02. The van der Waals surface area contributed by atoms with Crippen molar-refractivity contribution in [2.45, 2.75) is 32.7 Å². The summed E-state index contributed by atoms with van der Waals surface area (Å²) in [5.74, 6) is 0.589. The molecule has 2 aromatic carbocycles. The van der Waals surface area contributed by atoms with Crippen LogP contribution in [0.5, 0.6) is 0 Å². The normalized spacial score (nSPS) is 17.4. The van der Waals surface area contributed by atoms with E-state index in [0.717, 1.165) is 37.3 Å². The molecule has 2 aromatic rings. The molecular formula is C22H27Cl2N3O. The predicted octanol–water partition coefficient (Wildman–Crippen LogP) is 5.51. The Bertz CT molecular complexity index is 841. The molecule has 6 heteroatoms. The van der Waals surface area contributed by atoms with Crippen LogP contribution in [0.15, 0.2) is 36.4 Å². The number of likely N-dealkylation sites (tertiary alicyclic amines) is 1. The van der Waals surface area contributed by atoms with Crippen LogP contribution in [0, 0.1) is 12.8 Å². The third kappa shape index (κ3) is 5.63. The first-order valence-corrected chi connectivity index (χ1v) is 10.4. The molecule has 1 unspecified atom stereocenters. The number of nitrogens with zero attached hydrogens (tertiary/aromatic N) is 1. The van der Waals surface area contributed by atoms with E-state index < -0.39 is 0 Å². The van der Waals surface area contributed by atoms with Crippen molar-refractivity contribution >= 4 is 34.9 Å². The molecule has 1 heterocycles. The predicted molar refractivity (Wildman–Crippen MR) is 117 cm³/mol. The smallest absolute Gasteiger partial charge is 0.318 e. The van der Waals surface area contributed by atoms with Gasteiger partial charge in [-0.2, -0.15) is 0 Å². The van der Waals surface area contributed by atoms with Crippen LogP contribution in [0.3, 0.4) is 0 Å². The second-order valence-corrected chi connectivity index (χ2v) is 8.38. The number of benzene rings is 2. The average molecular weight is 420 g/mol. The zero-order valence-corrected chi connectivity index (χ0v) is 17.9. The fraction of sp³-hybridized carbons (Fsp3) is 0.409. The molecule has 0 radical (unpaired) electrons. The zero-order chi connectivity index (χ0) is 20.1. The van der Waals surface area contributed by atoms with Crippen molar-refractivity contribution in [3.8, 4) is 0 Å². The number of rotatable bonds is 5. The number of hydrogen-bond donors (Lipinski definition) is 2. The Kier molecular flexibility index (Phi) is 7.22. The average Bonchev–Trinajstić information content (AvgIpc) is 2.67. The molecule has 1 aliphatic rings. The molecule has 2 N–H and O–H groups in total. The monoisotopic (exact) mass is 419 g/mol. The van der Waals surface area contributed by atoms with E-state index in [1.807, 2.05) is 24.3 Å². The van der Waals surface area contributed by atoms with E-state index in [0.29, 0.717) is 16.0 Å². The Labute approximate surface area is 177 Å². The molecule has 0 aromatic heterocycles. The van der Waals surface area contributed by atoms with Crippen molar-refractivity contribution in [1.82, 2.24) is 10.2 Å². The number of aryl methyl sites for hydroxylation is 1. The lowest BCUT2D eigenvalue weighted by Crippen LogP contribution is -2.36. The maximum absolute atomic E-state index is 11.8. The lowest BCUT2D eigenvalue weighted by molar-refractivity contribution is 0.167. The molecule has 1 atom stereocenters. The molecule has 4 nitrogen and oxygen atoms in total. The summed E-state index contributed by atoms with van der Waals surface area (Å²) < 4.78 is 0. The minimum atomic E-state index is -0.193. The number of piperidine rings is 1. The number of anilines is 1. The van der Waals surface area contributed by atoms with E-state index in [2.05, 4.69) is 34.6 Å². The van der Waals surface area contributed by atoms with Crippen LogP contribution in [0.2, 0.25) is 10.0 Å². The molecule has 1 fully saturated rings. The molecule has 3 rings (SSSR count). The fourth-order valence-corrected chi connectivity index (χ4v) is 4.18. The van der Waals surface area contributed by atoms with Crippen LogP contribution < -0.4 is 10.6 Å².